The van der Waals surface area contributed by atoms with Gasteiger partial charge in [0.15, 0.2) is 5.76 Å². The van der Waals surface area contributed by atoms with E-state index in [0.29, 0.717) is 18.9 Å². The van der Waals surface area contributed by atoms with Gasteiger partial charge in [0.25, 0.3) is 5.91 Å². The number of rotatable bonds is 4. The highest BCUT2D eigenvalue weighted by Gasteiger charge is 2.45. The van der Waals surface area contributed by atoms with Crippen LogP contribution >= 0.6 is 23.5 Å². The molecule has 0 bridgehead atoms. The molecular formula is C15H21NO3S2. The first-order chi connectivity index (χ1) is 10.2. The van der Waals surface area contributed by atoms with Gasteiger partial charge in [0.1, 0.15) is 5.76 Å². The molecule has 1 amide bonds. The molecule has 116 valence electrons. The summed E-state index contributed by atoms with van der Waals surface area (Å²) < 4.78 is 11.0. The van der Waals surface area contributed by atoms with Gasteiger partial charge in [-0.05, 0) is 19.8 Å². The molecule has 2 heterocycles. The van der Waals surface area contributed by atoms with Crippen molar-refractivity contribution in [3.8, 4) is 0 Å². The van der Waals surface area contributed by atoms with Gasteiger partial charge in [0, 0.05) is 42.7 Å². The molecule has 2 aliphatic rings. The van der Waals surface area contributed by atoms with E-state index in [-0.39, 0.29) is 9.99 Å². The molecule has 1 aliphatic carbocycles. The highest BCUT2D eigenvalue weighted by molar-refractivity contribution is 8.20. The normalized spacial score (nSPS) is 19.7. The number of carbonyl (C=O) groups excluding carboxylic acids is 1. The highest BCUT2D eigenvalue weighted by Crippen LogP contribution is 2.59. The van der Waals surface area contributed by atoms with E-state index in [1.54, 1.807) is 7.11 Å². The maximum Gasteiger partial charge on any atom is 0.287 e. The van der Waals surface area contributed by atoms with Gasteiger partial charge >= 0.3 is 0 Å². The van der Waals surface area contributed by atoms with Gasteiger partial charge in [-0.1, -0.05) is 0 Å². The first kappa shape index (κ1) is 15.3. The third-order valence-electron chi connectivity index (χ3n) is 4.06. The van der Waals surface area contributed by atoms with Crippen LogP contribution in [0, 0.1) is 6.92 Å². The summed E-state index contributed by atoms with van der Waals surface area (Å²) in [7, 11) is 1.63. The van der Waals surface area contributed by atoms with Gasteiger partial charge in [-0.2, -0.15) is 0 Å². The Morgan fingerprint density at radius 3 is 2.90 bits per heavy atom. The van der Waals surface area contributed by atoms with Crippen molar-refractivity contribution < 1.29 is 13.9 Å². The summed E-state index contributed by atoms with van der Waals surface area (Å²) in [5, 5.41) is 2.86. The number of thioether (sulfide) groups is 2. The number of hydrogen-bond donors (Lipinski definition) is 1. The Morgan fingerprint density at radius 2 is 2.19 bits per heavy atom. The Kier molecular flexibility index (Phi) is 4.57. The maximum absolute atomic E-state index is 12.3. The number of hydrogen-bond acceptors (Lipinski definition) is 5. The average Bonchev–Trinajstić information content (AvgIpc) is 3.06. The third kappa shape index (κ3) is 2.73. The summed E-state index contributed by atoms with van der Waals surface area (Å²) in [5.41, 5.74) is 2.32. The van der Waals surface area contributed by atoms with Crippen LogP contribution < -0.4 is 5.32 Å². The van der Waals surface area contributed by atoms with Gasteiger partial charge < -0.3 is 14.5 Å². The maximum atomic E-state index is 12.3. The van der Waals surface area contributed by atoms with E-state index in [0.717, 1.165) is 24.2 Å². The number of fused-ring (bicyclic) bond motifs is 2. The number of carbonyl (C=O) groups is 1. The van der Waals surface area contributed by atoms with E-state index < -0.39 is 0 Å². The largest absolute Gasteiger partial charge is 0.455 e. The summed E-state index contributed by atoms with van der Waals surface area (Å²) in [5.74, 6) is 3.76. The van der Waals surface area contributed by atoms with Crippen molar-refractivity contribution in [2.45, 2.75) is 30.3 Å². The molecular weight excluding hydrogens is 306 g/mol. The van der Waals surface area contributed by atoms with Gasteiger partial charge in [-0.15, -0.1) is 23.5 Å². The summed E-state index contributed by atoms with van der Waals surface area (Å²) in [6, 6.07) is 0. The van der Waals surface area contributed by atoms with E-state index in [4.69, 9.17) is 9.15 Å². The summed E-state index contributed by atoms with van der Waals surface area (Å²) >= 11 is 4.04. The molecule has 0 aromatic carbocycles. The Hall–Kier alpha value is -0.590. The first-order valence-corrected chi connectivity index (χ1v) is 9.33. The number of ether oxygens (including phenoxy) is 1. The molecule has 0 atom stereocenters. The van der Waals surface area contributed by atoms with E-state index in [1.165, 1.54) is 23.5 Å². The molecule has 1 spiro atoms. The lowest BCUT2D eigenvalue weighted by Crippen LogP contribution is -2.27. The predicted octanol–water partition coefficient (Wildman–Crippen LogP) is 2.93. The van der Waals surface area contributed by atoms with E-state index in [1.807, 2.05) is 30.4 Å². The van der Waals surface area contributed by atoms with Crippen molar-refractivity contribution in [3.63, 3.8) is 0 Å². The molecule has 3 rings (SSSR count). The second-order valence-electron chi connectivity index (χ2n) is 5.41. The Morgan fingerprint density at radius 1 is 1.43 bits per heavy atom. The van der Waals surface area contributed by atoms with Gasteiger partial charge in [-0.25, -0.2) is 0 Å². The lowest BCUT2D eigenvalue weighted by molar-refractivity contribution is 0.0907. The second kappa shape index (κ2) is 6.26. The SMILES string of the molecule is COCCNC(=O)c1oc2c(c1C)C1(CCC2)SCCS1. The summed E-state index contributed by atoms with van der Waals surface area (Å²) in [6.07, 6.45) is 3.27. The lowest BCUT2D eigenvalue weighted by atomic mass is 9.94. The molecule has 1 aromatic heterocycles. The van der Waals surface area contributed by atoms with E-state index >= 15 is 0 Å². The van der Waals surface area contributed by atoms with Crippen molar-refractivity contribution >= 4 is 29.4 Å². The van der Waals surface area contributed by atoms with Crippen molar-refractivity contribution in [2.75, 3.05) is 31.8 Å². The minimum Gasteiger partial charge on any atom is -0.455 e. The molecule has 1 aliphatic heterocycles. The predicted molar refractivity (Wildman–Crippen MR) is 87.2 cm³/mol. The van der Waals surface area contributed by atoms with Gasteiger partial charge in [0.2, 0.25) is 0 Å². The van der Waals surface area contributed by atoms with Crippen LogP contribution in [0.1, 0.15) is 40.3 Å². The minimum atomic E-state index is -0.123. The molecule has 6 heteroatoms. The topological polar surface area (TPSA) is 51.5 Å². The van der Waals surface area contributed by atoms with E-state index in [2.05, 4.69) is 5.32 Å². The first-order valence-electron chi connectivity index (χ1n) is 7.36. The van der Waals surface area contributed by atoms with Crippen LogP contribution in [0.3, 0.4) is 0 Å². The lowest BCUT2D eigenvalue weighted by Gasteiger charge is -2.31. The fraction of sp³-hybridized carbons (Fsp3) is 0.667. The molecule has 1 fully saturated rings. The van der Waals surface area contributed by atoms with Crippen molar-refractivity contribution in [1.82, 2.24) is 5.32 Å². The van der Waals surface area contributed by atoms with Crippen LogP contribution in [-0.4, -0.2) is 37.7 Å². The fourth-order valence-corrected chi connectivity index (χ4v) is 6.72. The smallest absolute Gasteiger partial charge is 0.287 e. The number of aryl methyl sites for hydroxylation is 1. The third-order valence-corrected chi connectivity index (χ3v) is 7.59. The number of nitrogens with one attached hydrogen (secondary N) is 1. The Labute approximate surface area is 133 Å². The van der Waals surface area contributed by atoms with Crippen LogP contribution in [0.4, 0.5) is 0 Å². The Bertz CT molecular complexity index is 535. The zero-order chi connectivity index (χ0) is 14.9. The minimum absolute atomic E-state index is 0.123. The number of furan rings is 1. The van der Waals surface area contributed by atoms with Crippen LogP contribution in [-0.2, 0) is 15.2 Å². The Balaban J connectivity index is 1.88. The number of amides is 1. The fourth-order valence-electron chi connectivity index (χ4n) is 3.16. The summed E-state index contributed by atoms with van der Waals surface area (Å²) in [4.78, 5) is 12.3. The molecule has 0 radical (unpaired) electrons. The molecule has 0 saturated carbocycles. The van der Waals surface area contributed by atoms with Gasteiger partial charge in [0.05, 0.1) is 10.7 Å². The molecule has 1 saturated heterocycles. The van der Waals surface area contributed by atoms with Crippen LogP contribution in [0.2, 0.25) is 0 Å². The van der Waals surface area contributed by atoms with E-state index in [9.17, 15) is 4.79 Å². The average molecular weight is 327 g/mol. The van der Waals surface area contributed by atoms with Gasteiger partial charge in [-0.3, -0.25) is 4.79 Å². The number of methoxy groups -OCH3 is 1. The highest BCUT2D eigenvalue weighted by atomic mass is 32.2. The zero-order valence-corrected chi connectivity index (χ0v) is 14.1. The van der Waals surface area contributed by atoms with Crippen LogP contribution in [0.25, 0.3) is 0 Å². The molecule has 1 N–H and O–H groups in total. The monoisotopic (exact) mass is 327 g/mol. The van der Waals surface area contributed by atoms with Crippen LogP contribution in [0.15, 0.2) is 4.42 Å². The quantitative estimate of drug-likeness (QED) is 0.862. The zero-order valence-electron chi connectivity index (χ0n) is 12.5. The van der Waals surface area contributed by atoms with Crippen molar-refractivity contribution in [3.05, 3.63) is 22.6 Å². The van der Waals surface area contributed by atoms with Crippen molar-refractivity contribution in [2.24, 2.45) is 0 Å². The standard InChI is InChI=1S/C15H21NO3S2/c1-10-12-11(4-3-5-15(12)20-8-9-21-15)19-13(10)14(17)16-6-7-18-2/h3-9H2,1-2H3,(H,16,17). The molecule has 1 aromatic rings. The molecule has 4 nitrogen and oxygen atoms in total. The van der Waals surface area contributed by atoms with Crippen LogP contribution in [0.5, 0.6) is 0 Å². The summed E-state index contributed by atoms with van der Waals surface area (Å²) in [6.45, 7) is 3.05. The second-order valence-corrected chi connectivity index (χ2v) is 8.45. The molecule has 21 heavy (non-hydrogen) atoms. The molecule has 0 unspecified atom stereocenters. The van der Waals surface area contributed by atoms with Crippen molar-refractivity contribution in [1.29, 1.82) is 0 Å².